The number of rotatable bonds is 5. The molecule has 1 N–H and O–H groups in total. The fourth-order valence-corrected chi connectivity index (χ4v) is 1.46. The van der Waals surface area contributed by atoms with E-state index in [0.717, 1.165) is 17.7 Å². The van der Waals surface area contributed by atoms with E-state index in [0.29, 0.717) is 0 Å². The highest BCUT2D eigenvalue weighted by Crippen LogP contribution is 2.08. The lowest BCUT2D eigenvalue weighted by atomic mass is 10.1. The van der Waals surface area contributed by atoms with Gasteiger partial charge in [0.05, 0.1) is 0 Å². The van der Waals surface area contributed by atoms with Gasteiger partial charge in [0.15, 0.2) is 0 Å². The topological polar surface area (TPSA) is 57.6 Å². The van der Waals surface area contributed by atoms with Crippen LogP contribution in [0.15, 0.2) is 24.3 Å². The first kappa shape index (κ1) is 12.4. The average Bonchev–Trinajstić information content (AvgIpc) is 2.16. The molecule has 4 nitrogen and oxygen atoms in total. The van der Waals surface area contributed by atoms with Gasteiger partial charge in [-0.15, -0.1) is 0 Å². The van der Waals surface area contributed by atoms with Crippen molar-refractivity contribution < 1.29 is 14.7 Å². The molecule has 0 spiro atoms. The fraction of sp³-hybridized carbons (Fsp3) is 0.333. The highest BCUT2D eigenvalue weighted by Gasteiger charge is 2.12. The maximum absolute atomic E-state index is 11.0. The largest absolute Gasteiger partial charge is 0.475 e. The van der Waals surface area contributed by atoms with E-state index in [1.54, 1.807) is 6.07 Å². The van der Waals surface area contributed by atoms with Crippen LogP contribution in [0.5, 0.6) is 0 Å². The molecule has 0 radical (unpaired) electrons. The molecular weight excluding hydrogens is 206 g/mol. The van der Waals surface area contributed by atoms with E-state index in [9.17, 15) is 9.59 Å². The Morgan fingerprint density at radius 2 is 1.88 bits per heavy atom. The van der Waals surface area contributed by atoms with Gasteiger partial charge in [-0.2, -0.15) is 0 Å². The number of hydrogen-bond acceptors (Lipinski definition) is 3. The summed E-state index contributed by atoms with van der Waals surface area (Å²) in [5, 5.41) is 8.50. The van der Waals surface area contributed by atoms with Crippen molar-refractivity contribution in [3.05, 3.63) is 35.4 Å². The second-order valence-electron chi connectivity index (χ2n) is 3.96. The molecule has 0 fully saturated rings. The molecular formula is C12H15NO3. The molecule has 0 heterocycles. The number of carboxylic acids is 1. The second-order valence-corrected chi connectivity index (χ2v) is 3.96. The predicted octanol–water partition coefficient (Wildman–Crippen LogP) is 0.944. The minimum Gasteiger partial charge on any atom is -0.475 e. The van der Waals surface area contributed by atoms with Crippen molar-refractivity contribution in [2.45, 2.75) is 13.0 Å². The molecule has 0 aliphatic rings. The molecule has 0 saturated carbocycles. The molecule has 1 rings (SSSR count). The number of aliphatic carboxylic acids is 1. The number of carbonyl (C=O) groups excluding carboxylic acids is 1. The van der Waals surface area contributed by atoms with E-state index < -0.39 is 11.8 Å². The lowest BCUT2D eigenvalue weighted by molar-refractivity contribution is -0.148. The summed E-state index contributed by atoms with van der Waals surface area (Å²) >= 11 is 0. The van der Waals surface area contributed by atoms with Gasteiger partial charge in [-0.1, -0.05) is 24.3 Å². The van der Waals surface area contributed by atoms with Crippen LogP contribution in [0, 0.1) is 0 Å². The first-order valence-corrected chi connectivity index (χ1v) is 4.97. The van der Waals surface area contributed by atoms with Crippen molar-refractivity contribution in [3.8, 4) is 0 Å². The molecule has 0 saturated heterocycles. The maximum atomic E-state index is 11.0. The number of ketones is 1. The fourth-order valence-electron chi connectivity index (χ4n) is 1.46. The summed E-state index contributed by atoms with van der Waals surface area (Å²) in [6.45, 7) is 0.773. The van der Waals surface area contributed by atoms with Crippen molar-refractivity contribution in [1.82, 2.24) is 4.90 Å². The van der Waals surface area contributed by atoms with Gasteiger partial charge in [0, 0.05) is 13.0 Å². The van der Waals surface area contributed by atoms with Gasteiger partial charge in [0.25, 0.3) is 0 Å². The highest BCUT2D eigenvalue weighted by atomic mass is 16.4. The number of carboxylic acid groups (broad SMARTS) is 1. The lowest BCUT2D eigenvalue weighted by Crippen LogP contribution is -2.15. The van der Waals surface area contributed by atoms with E-state index in [1.165, 1.54) is 0 Å². The van der Waals surface area contributed by atoms with E-state index in [2.05, 4.69) is 0 Å². The number of hydrogen-bond donors (Lipinski definition) is 1. The van der Waals surface area contributed by atoms with Gasteiger partial charge in [0.2, 0.25) is 5.78 Å². The number of Topliss-reactive ketones (excluding diaryl/α,β-unsaturated/α-hetero) is 1. The van der Waals surface area contributed by atoms with Crippen LogP contribution in [-0.2, 0) is 22.6 Å². The molecule has 0 amide bonds. The summed E-state index contributed by atoms with van der Waals surface area (Å²) in [7, 11) is 3.91. The zero-order chi connectivity index (χ0) is 12.1. The third kappa shape index (κ3) is 3.82. The van der Waals surface area contributed by atoms with Crippen LogP contribution in [0.1, 0.15) is 11.1 Å². The Bertz CT molecular complexity index is 399. The normalized spacial score (nSPS) is 10.4. The van der Waals surface area contributed by atoms with Crippen LogP contribution in [0.25, 0.3) is 0 Å². The quantitative estimate of drug-likeness (QED) is 0.752. The molecule has 0 bridgehead atoms. The van der Waals surface area contributed by atoms with E-state index >= 15 is 0 Å². The average molecular weight is 221 g/mol. The SMILES string of the molecule is CN(C)Cc1cccc(CC(=O)C(=O)O)c1. The Kier molecular flexibility index (Phi) is 4.19. The smallest absolute Gasteiger partial charge is 0.372 e. The van der Waals surface area contributed by atoms with Crippen LogP contribution in [0.4, 0.5) is 0 Å². The van der Waals surface area contributed by atoms with Gasteiger partial charge in [0.1, 0.15) is 0 Å². The Labute approximate surface area is 94.5 Å². The zero-order valence-corrected chi connectivity index (χ0v) is 9.43. The molecule has 1 aromatic rings. The van der Waals surface area contributed by atoms with Crippen LogP contribution in [-0.4, -0.2) is 35.9 Å². The molecule has 16 heavy (non-hydrogen) atoms. The number of carbonyl (C=O) groups is 2. The van der Waals surface area contributed by atoms with Gasteiger partial charge in [-0.05, 0) is 25.2 Å². The molecule has 0 atom stereocenters. The Hall–Kier alpha value is -1.68. The first-order valence-electron chi connectivity index (χ1n) is 4.97. The maximum Gasteiger partial charge on any atom is 0.372 e. The second kappa shape index (κ2) is 5.42. The molecule has 86 valence electrons. The summed E-state index contributed by atoms with van der Waals surface area (Å²) in [6.07, 6.45) is -0.0450. The van der Waals surface area contributed by atoms with Crippen molar-refractivity contribution in [1.29, 1.82) is 0 Å². The van der Waals surface area contributed by atoms with Crippen LogP contribution < -0.4 is 0 Å². The van der Waals surface area contributed by atoms with Crippen molar-refractivity contribution >= 4 is 11.8 Å². The Morgan fingerprint density at radius 1 is 1.25 bits per heavy atom. The standard InChI is InChI=1S/C12H15NO3/c1-13(2)8-10-5-3-4-9(6-10)7-11(14)12(15)16/h3-6H,7-8H2,1-2H3,(H,15,16). The summed E-state index contributed by atoms with van der Waals surface area (Å²) in [4.78, 5) is 23.5. The molecule has 1 aromatic carbocycles. The monoisotopic (exact) mass is 221 g/mol. The minimum atomic E-state index is -1.38. The number of benzene rings is 1. The zero-order valence-electron chi connectivity index (χ0n) is 9.43. The molecule has 4 heteroatoms. The van der Waals surface area contributed by atoms with E-state index in [4.69, 9.17) is 5.11 Å². The lowest BCUT2D eigenvalue weighted by Gasteiger charge is -2.10. The van der Waals surface area contributed by atoms with Gasteiger partial charge in [-0.25, -0.2) is 4.79 Å². The predicted molar refractivity (Wildman–Crippen MR) is 60.2 cm³/mol. The van der Waals surface area contributed by atoms with E-state index in [-0.39, 0.29) is 6.42 Å². The van der Waals surface area contributed by atoms with Gasteiger partial charge >= 0.3 is 5.97 Å². The number of nitrogens with zero attached hydrogens (tertiary/aromatic N) is 1. The molecule has 0 aliphatic carbocycles. The van der Waals surface area contributed by atoms with Gasteiger partial charge in [-0.3, -0.25) is 4.79 Å². The summed E-state index contributed by atoms with van der Waals surface area (Å²) in [5.41, 5.74) is 1.81. The summed E-state index contributed by atoms with van der Waals surface area (Å²) < 4.78 is 0. The first-order chi connectivity index (χ1) is 7.49. The van der Waals surface area contributed by atoms with Crippen LogP contribution in [0.2, 0.25) is 0 Å². The molecule has 0 unspecified atom stereocenters. The summed E-state index contributed by atoms with van der Waals surface area (Å²) in [5.74, 6) is -2.15. The van der Waals surface area contributed by atoms with E-state index in [1.807, 2.05) is 37.2 Å². The summed E-state index contributed by atoms with van der Waals surface area (Å²) in [6, 6.07) is 7.42. The van der Waals surface area contributed by atoms with Crippen molar-refractivity contribution in [2.75, 3.05) is 14.1 Å². The Morgan fingerprint density at radius 3 is 2.44 bits per heavy atom. The Balaban J connectivity index is 2.74. The minimum absolute atomic E-state index is 0.0450. The molecule has 0 aliphatic heterocycles. The van der Waals surface area contributed by atoms with Crippen molar-refractivity contribution in [2.24, 2.45) is 0 Å². The third-order valence-corrected chi connectivity index (χ3v) is 2.09. The van der Waals surface area contributed by atoms with Crippen molar-refractivity contribution in [3.63, 3.8) is 0 Å². The highest BCUT2D eigenvalue weighted by molar-refractivity contribution is 6.33. The van der Waals surface area contributed by atoms with Crippen LogP contribution in [0.3, 0.4) is 0 Å². The van der Waals surface area contributed by atoms with Gasteiger partial charge < -0.3 is 10.0 Å². The molecule has 0 aromatic heterocycles. The third-order valence-electron chi connectivity index (χ3n) is 2.09. The van der Waals surface area contributed by atoms with Crippen LogP contribution >= 0.6 is 0 Å².